The van der Waals surface area contributed by atoms with Crippen LogP contribution in [0.5, 0.6) is 5.75 Å². The van der Waals surface area contributed by atoms with Crippen molar-refractivity contribution in [2.45, 2.75) is 26.0 Å². The molecule has 2 heterocycles. The molecule has 6 heteroatoms. The second-order valence-electron chi connectivity index (χ2n) is 5.52. The quantitative estimate of drug-likeness (QED) is 0.864. The van der Waals surface area contributed by atoms with Crippen LogP contribution in [0.1, 0.15) is 24.3 Å². The first-order valence-electron chi connectivity index (χ1n) is 7.27. The third-order valence-corrected chi connectivity index (χ3v) is 4.53. The molecule has 1 amide bonds. The second kappa shape index (κ2) is 6.04. The average molecular weight is 330 g/mol. The van der Waals surface area contributed by atoms with Gasteiger partial charge in [-0.3, -0.25) is 4.79 Å². The number of hydrogen-bond donors (Lipinski definition) is 0. The lowest BCUT2D eigenvalue weighted by Gasteiger charge is -2.30. The summed E-state index contributed by atoms with van der Waals surface area (Å²) in [5.74, 6) is 1.14. The number of nitrogens with zero attached hydrogens (tertiary/aromatic N) is 2. The van der Waals surface area contributed by atoms with E-state index in [1.54, 1.807) is 7.11 Å². The summed E-state index contributed by atoms with van der Waals surface area (Å²) < 4.78 is 11.2. The molecule has 0 aliphatic carbocycles. The van der Waals surface area contributed by atoms with Crippen LogP contribution < -0.4 is 4.74 Å². The Kier molecular flexibility index (Phi) is 4.09. The predicted molar refractivity (Wildman–Crippen MR) is 89.6 cm³/mol. The van der Waals surface area contributed by atoms with E-state index in [-0.39, 0.29) is 5.91 Å². The van der Waals surface area contributed by atoms with E-state index in [2.05, 4.69) is 5.10 Å². The molecule has 23 heavy (non-hydrogen) atoms. The molecular formula is C17H18N2O3S. The third kappa shape index (κ3) is 3.07. The van der Waals surface area contributed by atoms with E-state index in [1.807, 2.05) is 48.7 Å². The highest BCUT2D eigenvalue weighted by Crippen LogP contribution is 2.32. The van der Waals surface area contributed by atoms with E-state index in [0.29, 0.717) is 12.3 Å². The van der Waals surface area contributed by atoms with Gasteiger partial charge in [-0.05, 0) is 36.1 Å². The van der Waals surface area contributed by atoms with Crippen molar-refractivity contribution in [1.29, 1.82) is 0 Å². The number of carbonyl (C=O) groups excluding carboxylic acids is 1. The molecule has 0 fully saturated rings. The van der Waals surface area contributed by atoms with Crippen LogP contribution in [0.2, 0.25) is 0 Å². The van der Waals surface area contributed by atoms with Crippen molar-refractivity contribution in [3.63, 3.8) is 0 Å². The highest BCUT2D eigenvalue weighted by molar-refractivity contribution is 7.12. The summed E-state index contributed by atoms with van der Waals surface area (Å²) in [5, 5.41) is 7.76. The molecule has 120 valence electrons. The highest BCUT2D eigenvalue weighted by atomic mass is 32.1. The molecule has 0 N–H and O–H groups in total. The van der Waals surface area contributed by atoms with E-state index in [4.69, 9.17) is 9.47 Å². The van der Waals surface area contributed by atoms with Crippen LogP contribution in [0.3, 0.4) is 0 Å². The average Bonchev–Trinajstić information content (AvgIpc) is 3.15. The van der Waals surface area contributed by atoms with Gasteiger partial charge < -0.3 is 9.47 Å². The van der Waals surface area contributed by atoms with E-state index in [0.717, 1.165) is 16.2 Å². The van der Waals surface area contributed by atoms with Gasteiger partial charge >= 0.3 is 0 Å². The molecule has 5 nitrogen and oxygen atoms in total. The first kappa shape index (κ1) is 15.6. The van der Waals surface area contributed by atoms with E-state index >= 15 is 0 Å². The number of hydrazone groups is 1. The fourth-order valence-electron chi connectivity index (χ4n) is 2.60. The maximum Gasteiger partial charge on any atom is 0.251 e. The van der Waals surface area contributed by atoms with Gasteiger partial charge in [-0.2, -0.15) is 5.01 Å². The summed E-state index contributed by atoms with van der Waals surface area (Å²) in [5.41, 5.74) is 0.210. The molecule has 1 atom stereocenters. The highest BCUT2D eigenvalue weighted by Gasteiger charge is 2.43. The lowest BCUT2D eigenvalue weighted by molar-refractivity contribution is -0.144. The number of rotatable bonds is 4. The summed E-state index contributed by atoms with van der Waals surface area (Å²) in [6, 6.07) is 11.6. The fourth-order valence-corrected chi connectivity index (χ4v) is 3.25. The maximum atomic E-state index is 12.0. The number of benzene rings is 1. The lowest BCUT2D eigenvalue weighted by atomic mass is 10.0. The number of thiophene rings is 1. The number of ether oxygens (including phenoxy) is 2. The Bertz CT molecular complexity index is 725. The van der Waals surface area contributed by atoms with Crippen LogP contribution in [0.4, 0.5) is 0 Å². The normalized spacial score (nSPS) is 20.1. The minimum absolute atomic E-state index is 0.146. The Hall–Kier alpha value is -2.34. The third-order valence-electron chi connectivity index (χ3n) is 3.68. The van der Waals surface area contributed by atoms with Crippen molar-refractivity contribution < 1.29 is 14.3 Å². The molecule has 0 bridgehead atoms. The first-order chi connectivity index (χ1) is 11.0. The second-order valence-corrected chi connectivity index (χ2v) is 6.46. The van der Waals surface area contributed by atoms with Gasteiger partial charge in [0, 0.05) is 13.3 Å². The van der Waals surface area contributed by atoms with E-state index < -0.39 is 5.72 Å². The first-order valence-corrected chi connectivity index (χ1v) is 8.15. The van der Waals surface area contributed by atoms with Crippen molar-refractivity contribution in [1.82, 2.24) is 5.01 Å². The molecule has 2 aromatic rings. The fraction of sp³-hybridized carbons (Fsp3) is 0.294. The van der Waals surface area contributed by atoms with Crippen LogP contribution in [0.25, 0.3) is 0 Å². The predicted octanol–water partition coefficient (Wildman–Crippen LogP) is 3.26. The zero-order chi connectivity index (χ0) is 16.4. The Labute approximate surface area is 139 Å². The van der Waals surface area contributed by atoms with Crippen LogP contribution >= 0.6 is 11.3 Å². The lowest BCUT2D eigenvalue weighted by Crippen LogP contribution is -2.45. The molecule has 1 aliphatic heterocycles. The summed E-state index contributed by atoms with van der Waals surface area (Å²) in [6.45, 7) is 3.37. The minimum atomic E-state index is -0.834. The monoisotopic (exact) mass is 330 g/mol. The van der Waals surface area contributed by atoms with Crippen molar-refractivity contribution in [3.05, 3.63) is 52.2 Å². The Morgan fingerprint density at radius 3 is 2.65 bits per heavy atom. The maximum absolute atomic E-state index is 12.0. The zero-order valence-corrected chi connectivity index (χ0v) is 14.1. The topological polar surface area (TPSA) is 51.1 Å². The van der Waals surface area contributed by atoms with Gasteiger partial charge in [0.25, 0.3) is 5.90 Å². The van der Waals surface area contributed by atoms with Crippen LogP contribution in [-0.4, -0.2) is 29.6 Å². The Morgan fingerprint density at radius 2 is 2.09 bits per heavy atom. The molecule has 0 saturated heterocycles. The number of carbonyl (C=O) groups is 1. The van der Waals surface area contributed by atoms with Crippen LogP contribution in [-0.2, 0) is 16.0 Å². The molecule has 3 rings (SSSR count). The van der Waals surface area contributed by atoms with Crippen molar-refractivity contribution in [2.24, 2.45) is 5.10 Å². The molecule has 1 aromatic carbocycles. The van der Waals surface area contributed by atoms with Crippen LogP contribution in [0, 0.1) is 0 Å². The van der Waals surface area contributed by atoms with Crippen molar-refractivity contribution in [3.8, 4) is 5.75 Å². The van der Waals surface area contributed by atoms with Gasteiger partial charge in [-0.15, -0.1) is 16.4 Å². The molecule has 0 spiro atoms. The summed E-state index contributed by atoms with van der Waals surface area (Å²) in [6.07, 6.45) is 0.537. The van der Waals surface area contributed by atoms with Crippen molar-refractivity contribution >= 4 is 23.1 Å². The molecule has 0 saturated carbocycles. The van der Waals surface area contributed by atoms with Gasteiger partial charge in [-0.1, -0.05) is 18.2 Å². The molecule has 1 aromatic heterocycles. The summed E-state index contributed by atoms with van der Waals surface area (Å²) >= 11 is 1.54. The molecular weight excluding hydrogens is 312 g/mol. The smallest absolute Gasteiger partial charge is 0.251 e. The summed E-state index contributed by atoms with van der Waals surface area (Å²) in [7, 11) is 1.63. The van der Waals surface area contributed by atoms with Crippen LogP contribution in [0.15, 0.2) is 46.9 Å². The number of amides is 1. The SMILES string of the molecule is COc1ccc(C[C@@]2(C)OC(c3cccs3)=NN2C(C)=O)cc1. The van der Waals surface area contributed by atoms with E-state index in [1.165, 1.54) is 23.3 Å². The minimum Gasteiger partial charge on any atom is -0.497 e. The standard InChI is InChI=1S/C17H18N2O3S/c1-12(20)19-17(2,11-13-6-8-14(21-3)9-7-13)22-16(18-19)15-5-4-10-23-15/h4-10H,11H2,1-3H3/t17-/m1/s1. The Morgan fingerprint density at radius 1 is 1.35 bits per heavy atom. The number of methoxy groups -OCH3 is 1. The van der Waals surface area contributed by atoms with Crippen molar-refractivity contribution in [2.75, 3.05) is 7.11 Å². The van der Waals surface area contributed by atoms with E-state index in [9.17, 15) is 4.79 Å². The number of hydrogen-bond acceptors (Lipinski definition) is 5. The summed E-state index contributed by atoms with van der Waals surface area (Å²) in [4.78, 5) is 12.9. The van der Waals surface area contributed by atoms with Gasteiger partial charge in [0.1, 0.15) is 5.75 Å². The molecule has 1 aliphatic rings. The van der Waals surface area contributed by atoms with Gasteiger partial charge in [0.05, 0.1) is 12.0 Å². The Balaban J connectivity index is 1.85. The molecule has 0 radical (unpaired) electrons. The van der Waals surface area contributed by atoms with Gasteiger partial charge in [0.15, 0.2) is 0 Å². The largest absolute Gasteiger partial charge is 0.497 e. The zero-order valence-electron chi connectivity index (χ0n) is 13.3. The van der Waals surface area contributed by atoms with Gasteiger partial charge in [-0.25, -0.2) is 0 Å². The van der Waals surface area contributed by atoms with Gasteiger partial charge in [0.2, 0.25) is 11.6 Å². The molecule has 0 unspecified atom stereocenters.